The second-order valence-corrected chi connectivity index (χ2v) is 8.80. The molecule has 0 radical (unpaired) electrons. The number of amides is 1. The van der Waals surface area contributed by atoms with Gasteiger partial charge in [0.1, 0.15) is 35.7 Å². The highest BCUT2D eigenvalue weighted by molar-refractivity contribution is 7.89. The molecule has 3 rings (SSSR count). The van der Waals surface area contributed by atoms with E-state index in [1.165, 1.54) is 19.1 Å². The number of ether oxygens (including phenoxy) is 1. The quantitative estimate of drug-likeness (QED) is 0.286. The minimum absolute atomic E-state index is 0.116. The zero-order valence-corrected chi connectivity index (χ0v) is 17.5. The molecule has 12 nitrogen and oxygen atoms in total. The average molecular weight is 470 g/mol. The summed E-state index contributed by atoms with van der Waals surface area (Å²) in [5, 5.41) is 41.6. The molecule has 0 bridgehead atoms. The molecule has 2 heterocycles. The molecule has 1 aliphatic heterocycles. The van der Waals surface area contributed by atoms with Crippen LogP contribution in [-0.4, -0.2) is 77.9 Å². The monoisotopic (exact) mass is 470 g/mol. The number of carbonyl (C=O) groups excluding carboxylic acids is 1. The number of sulfonamides is 1. The molecular weight excluding hydrogens is 448 g/mol. The summed E-state index contributed by atoms with van der Waals surface area (Å²) in [7, 11) is -4.33. The Bertz CT molecular complexity index is 1080. The van der Waals surface area contributed by atoms with Crippen molar-refractivity contribution in [2.24, 2.45) is 0 Å². The standard InChI is InChI=1S/C19H22N2O10S/c1-9-11(18(25)26)7-13(30-9)32(28,29)20-8-12-15(22)16(23)14(19(27)31-12)21-17(24)10-5-3-2-4-6-10/h2-7,12,14-16,19-20,22-23,27H,8H2,1H3,(H,21,24)(H,25,26)/t12-,14-,15-,16-,19+/m1/s1. The van der Waals surface area contributed by atoms with Crippen LogP contribution in [0.1, 0.15) is 26.5 Å². The number of furan rings is 1. The smallest absolute Gasteiger partial charge is 0.339 e. The van der Waals surface area contributed by atoms with Crippen molar-refractivity contribution in [2.45, 2.75) is 42.7 Å². The Balaban J connectivity index is 1.65. The van der Waals surface area contributed by atoms with Crippen molar-refractivity contribution < 1.29 is 47.6 Å². The number of carboxylic acids is 1. The van der Waals surface area contributed by atoms with Gasteiger partial charge in [0.05, 0.1) is 0 Å². The van der Waals surface area contributed by atoms with E-state index in [0.29, 0.717) is 0 Å². The third kappa shape index (κ3) is 4.98. The van der Waals surface area contributed by atoms with E-state index >= 15 is 0 Å². The molecule has 0 aliphatic carbocycles. The van der Waals surface area contributed by atoms with Crippen LogP contribution in [0.2, 0.25) is 0 Å². The summed E-state index contributed by atoms with van der Waals surface area (Å²) in [6.07, 6.45) is -6.48. The van der Waals surface area contributed by atoms with Gasteiger partial charge in [-0.2, -0.15) is 0 Å². The van der Waals surface area contributed by atoms with Gasteiger partial charge >= 0.3 is 5.97 Å². The van der Waals surface area contributed by atoms with Crippen LogP contribution in [0, 0.1) is 6.92 Å². The van der Waals surface area contributed by atoms with Crippen molar-refractivity contribution in [2.75, 3.05) is 6.54 Å². The summed E-state index contributed by atoms with van der Waals surface area (Å²) in [5.41, 5.74) is -0.0760. The molecule has 174 valence electrons. The Morgan fingerprint density at radius 1 is 1.09 bits per heavy atom. The lowest BCUT2D eigenvalue weighted by Crippen LogP contribution is -2.65. The first-order valence-electron chi connectivity index (χ1n) is 9.40. The average Bonchev–Trinajstić information content (AvgIpc) is 3.16. The summed E-state index contributed by atoms with van der Waals surface area (Å²) in [4.78, 5) is 23.3. The van der Waals surface area contributed by atoms with E-state index in [-0.39, 0.29) is 16.9 Å². The number of aryl methyl sites for hydroxylation is 1. The van der Waals surface area contributed by atoms with E-state index in [0.717, 1.165) is 6.07 Å². The fourth-order valence-electron chi connectivity index (χ4n) is 3.16. The molecule has 1 aromatic carbocycles. The predicted octanol–water partition coefficient (Wildman–Crippen LogP) is -1.20. The number of aromatic carboxylic acids is 1. The maximum Gasteiger partial charge on any atom is 0.339 e. The number of hydrogen-bond donors (Lipinski definition) is 6. The second-order valence-electron chi connectivity index (χ2n) is 7.10. The van der Waals surface area contributed by atoms with Crippen LogP contribution in [0.5, 0.6) is 0 Å². The van der Waals surface area contributed by atoms with Gasteiger partial charge in [-0.1, -0.05) is 18.2 Å². The molecule has 1 aliphatic rings. The van der Waals surface area contributed by atoms with Crippen molar-refractivity contribution in [1.82, 2.24) is 10.0 Å². The van der Waals surface area contributed by atoms with Crippen molar-refractivity contribution in [3.8, 4) is 0 Å². The molecule has 0 unspecified atom stereocenters. The molecule has 1 aromatic heterocycles. The summed E-state index contributed by atoms with van der Waals surface area (Å²) in [6.45, 7) is 0.701. The molecule has 32 heavy (non-hydrogen) atoms. The van der Waals surface area contributed by atoms with Crippen LogP contribution in [-0.2, 0) is 14.8 Å². The van der Waals surface area contributed by atoms with E-state index in [1.54, 1.807) is 18.2 Å². The number of nitrogens with one attached hydrogen (secondary N) is 2. The lowest BCUT2D eigenvalue weighted by molar-refractivity contribution is -0.243. The topological polar surface area (TPSA) is 196 Å². The minimum atomic E-state index is -4.33. The van der Waals surface area contributed by atoms with Crippen LogP contribution in [0.25, 0.3) is 0 Å². The molecule has 1 fully saturated rings. The molecule has 0 spiro atoms. The maximum atomic E-state index is 12.4. The minimum Gasteiger partial charge on any atom is -0.478 e. The molecular formula is C19H22N2O10S. The fraction of sp³-hybridized carbons (Fsp3) is 0.368. The van der Waals surface area contributed by atoms with Gasteiger partial charge in [0.2, 0.25) is 5.09 Å². The van der Waals surface area contributed by atoms with Crippen molar-refractivity contribution in [3.05, 3.63) is 53.3 Å². The number of hydrogen-bond acceptors (Lipinski definition) is 9. The second kappa shape index (κ2) is 9.36. The van der Waals surface area contributed by atoms with Crippen LogP contribution in [0.3, 0.4) is 0 Å². The van der Waals surface area contributed by atoms with Gasteiger partial charge in [-0.3, -0.25) is 4.79 Å². The number of rotatable bonds is 7. The van der Waals surface area contributed by atoms with Gasteiger partial charge in [-0.25, -0.2) is 17.9 Å². The highest BCUT2D eigenvalue weighted by Gasteiger charge is 2.45. The number of carboxylic acid groups (broad SMARTS) is 1. The molecule has 5 atom stereocenters. The van der Waals surface area contributed by atoms with Gasteiger partial charge in [0.25, 0.3) is 15.9 Å². The number of aliphatic hydroxyl groups excluding tert-OH is 3. The van der Waals surface area contributed by atoms with Crippen LogP contribution < -0.4 is 10.0 Å². The summed E-state index contributed by atoms with van der Waals surface area (Å²) < 4.78 is 37.0. The molecule has 0 saturated carbocycles. The van der Waals surface area contributed by atoms with Crippen molar-refractivity contribution >= 4 is 21.9 Å². The van der Waals surface area contributed by atoms with E-state index < -0.39 is 64.2 Å². The third-order valence-corrected chi connectivity index (χ3v) is 6.20. The van der Waals surface area contributed by atoms with Crippen LogP contribution >= 0.6 is 0 Å². The third-order valence-electron chi connectivity index (χ3n) is 4.92. The zero-order valence-electron chi connectivity index (χ0n) is 16.7. The normalized spacial score (nSPS) is 25.9. The summed E-state index contributed by atoms with van der Waals surface area (Å²) in [6, 6.07) is 7.42. The Kier molecular flexibility index (Phi) is 6.97. The largest absolute Gasteiger partial charge is 0.478 e. The fourth-order valence-corrected chi connectivity index (χ4v) is 4.19. The molecule has 6 N–H and O–H groups in total. The lowest BCUT2D eigenvalue weighted by Gasteiger charge is -2.40. The SMILES string of the molecule is Cc1oc(S(=O)(=O)NC[C@H]2O[C@H](O)[C@H](NC(=O)c3ccccc3)[C@@H](O)[C@@H]2O)cc1C(=O)O. The Labute approximate surface area is 182 Å². The van der Waals surface area contributed by atoms with E-state index in [4.69, 9.17) is 14.3 Å². The van der Waals surface area contributed by atoms with Crippen molar-refractivity contribution in [1.29, 1.82) is 0 Å². The Morgan fingerprint density at radius 3 is 2.34 bits per heavy atom. The molecule has 2 aromatic rings. The first-order valence-corrected chi connectivity index (χ1v) is 10.9. The van der Waals surface area contributed by atoms with Gasteiger partial charge in [-0.15, -0.1) is 0 Å². The number of aliphatic hydroxyl groups is 3. The number of carbonyl (C=O) groups is 2. The first kappa shape index (κ1) is 23.8. The highest BCUT2D eigenvalue weighted by atomic mass is 32.2. The number of benzene rings is 1. The van der Waals surface area contributed by atoms with E-state index in [2.05, 4.69) is 10.0 Å². The highest BCUT2D eigenvalue weighted by Crippen LogP contribution is 2.22. The summed E-state index contributed by atoms with van der Waals surface area (Å²) in [5.74, 6) is -2.10. The Hall–Kier alpha value is -2.81. The molecule has 13 heteroatoms. The molecule has 1 saturated heterocycles. The maximum absolute atomic E-state index is 12.4. The van der Waals surface area contributed by atoms with Crippen LogP contribution in [0.4, 0.5) is 0 Å². The predicted molar refractivity (Wildman–Crippen MR) is 106 cm³/mol. The lowest BCUT2D eigenvalue weighted by atomic mass is 9.96. The zero-order chi connectivity index (χ0) is 23.6. The van der Waals surface area contributed by atoms with Gasteiger partial charge < -0.3 is 34.9 Å². The molecule has 1 amide bonds. The van der Waals surface area contributed by atoms with Crippen molar-refractivity contribution in [3.63, 3.8) is 0 Å². The van der Waals surface area contributed by atoms with Crippen LogP contribution in [0.15, 0.2) is 45.9 Å². The first-order chi connectivity index (χ1) is 15.0. The van der Waals surface area contributed by atoms with Gasteiger partial charge in [0.15, 0.2) is 6.29 Å². The van der Waals surface area contributed by atoms with E-state index in [9.17, 15) is 33.3 Å². The van der Waals surface area contributed by atoms with Gasteiger partial charge in [-0.05, 0) is 19.1 Å². The summed E-state index contributed by atoms with van der Waals surface area (Å²) >= 11 is 0. The van der Waals surface area contributed by atoms with Gasteiger partial charge in [0, 0.05) is 18.2 Å². The Morgan fingerprint density at radius 2 is 1.75 bits per heavy atom. The van der Waals surface area contributed by atoms with E-state index in [1.807, 2.05) is 0 Å².